The second-order valence-corrected chi connectivity index (χ2v) is 7.47. The second kappa shape index (κ2) is 8.00. The topological polar surface area (TPSA) is 42.4 Å². The lowest BCUT2D eigenvalue weighted by Crippen LogP contribution is -2.48. The van der Waals surface area contributed by atoms with Gasteiger partial charge in [-0.15, -0.1) is 0 Å². The zero-order valence-corrected chi connectivity index (χ0v) is 15.1. The van der Waals surface area contributed by atoms with Crippen molar-refractivity contribution in [3.8, 4) is 0 Å². The zero-order valence-electron chi connectivity index (χ0n) is 15.1. The Kier molecular flexibility index (Phi) is 5.30. The summed E-state index contributed by atoms with van der Waals surface area (Å²) in [5, 5.41) is 0. The molecule has 136 valence electrons. The fourth-order valence-electron chi connectivity index (χ4n) is 3.81. The van der Waals surface area contributed by atoms with Gasteiger partial charge in [0.05, 0.1) is 18.4 Å². The standard InChI is InChI=1S/C22H26N2O2/c25-22(18-9-10-18)24-13-11-21(26-16-20-8-4-5-12-23-20)19(15-24)14-17-6-2-1-3-7-17/h1-8,12,18-19,21H,9-11,13-16H2/t19-,21-/m0/s1. The molecule has 2 atom stereocenters. The van der Waals surface area contributed by atoms with Crippen LogP contribution < -0.4 is 0 Å². The first-order valence-electron chi connectivity index (χ1n) is 9.64. The molecule has 0 unspecified atom stereocenters. The van der Waals surface area contributed by atoms with E-state index >= 15 is 0 Å². The Morgan fingerprint density at radius 1 is 1.08 bits per heavy atom. The number of likely N-dealkylation sites (tertiary alicyclic amines) is 1. The molecule has 1 aromatic carbocycles. The SMILES string of the molecule is O=C(C1CC1)N1CC[C@H](OCc2ccccn2)[C@@H](Cc2ccccc2)C1. The zero-order chi connectivity index (χ0) is 17.8. The summed E-state index contributed by atoms with van der Waals surface area (Å²) >= 11 is 0. The van der Waals surface area contributed by atoms with Crippen molar-refractivity contribution in [2.45, 2.75) is 38.4 Å². The summed E-state index contributed by atoms with van der Waals surface area (Å²) in [5.74, 6) is 0.974. The molecule has 2 aromatic rings. The number of amides is 1. The highest BCUT2D eigenvalue weighted by molar-refractivity contribution is 5.81. The number of pyridine rings is 1. The molecule has 2 aliphatic rings. The van der Waals surface area contributed by atoms with Crippen LogP contribution in [0.1, 0.15) is 30.5 Å². The molecule has 1 aromatic heterocycles. The van der Waals surface area contributed by atoms with Crippen molar-refractivity contribution in [2.24, 2.45) is 11.8 Å². The van der Waals surface area contributed by atoms with Crippen molar-refractivity contribution in [1.82, 2.24) is 9.88 Å². The van der Waals surface area contributed by atoms with Gasteiger partial charge in [-0.3, -0.25) is 9.78 Å². The Bertz CT molecular complexity index is 715. The van der Waals surface area contributed by atoms with Crippen molar-refractivity contribution in [1.29, 1.82) is 0 Å². The van der Waals surface area contributed by atoms with Crippen LogP contribution in [0.2, 0.25) is 0 Å². The number of ether oxygens (including phenoxy) is 1. The molecule has 2 fully saturated rings. The van der Waals surface area contributed by atoms with Crippen molar-refractivity contribution < 1.29 is 9.53 Å². The molecule has 0 bridgehead atoms. The van der Waals surface area contributed by atoms with E-state index in [1.54, 1.807) is 6.20 Å². The lowest BCUT2D eigenvalue weighted by molar-refractivity contribution is -0.138. The molecule has 1 amide bonds. The van der Waals surface area contributed by atoms with Gasteiger partial charge in [-0.2, -0.15) is 0 Å². The molecular weight excluding hydrogens is 324 g/mol. The first-order chi connectivity index (χ1) is 12.8. The average molecular weight is 350 g/mol. The van der Waals surface area contributed by atoms with Gasteiger partial charge in [0.25, 0.3) is 0 Å². The van der Waals surface area contributed by atoms with Gasteiger partial charge in [-0.05, 0) is 43.4 Å². The number of piperidine rings is 1. The maximum atomic E-state index is 12.5. The van der Waals surface area contributed by atoms with E-state index in [-0.39, 0.29) is 6.10 Å². The molecule has 0 N–H and O–H groups in total. The number of hydrogen-bond donors (Lipinski definition) is 0. The van der Waals surface area contributed by atoms with E-state index in [9.17, 15) is 4.79 Å². The van der Waals surface area contributed by atoms with E-state index in [4.69, 9.17) is 4.74 Å². The highest BCUT2D eigenvalue weighted by Crippen LogP contribution is 2.33. The van der Waals surface area contributed by atoms with Crippen LogP contribution in [-0.2, 0) is 22.6 Å². The maximum Gasteiger partial charge on any atom is 0.225 e. The van der Waals surface area contributed by atoms with Gasteiger partial charge in [-0.1, -0.05) is 36.4 Å². The number of hydrogen-bond acceptors (Lipinski definition) is 3. The third-order valence-corrected chi connectivity index (χ3v) is 5.41. The van der Waals surface area contributed by atoms with Gasteiger partial charge in [-0.25, -0.2) is 0 Å². The van der Waals surface area contributed by atoms with Crippen molar-refractivity contribution in [2.75, 3.05) is 13.1 Å². The number of carbonyl (C=O) groups is 1. The number of rotatable bonds is 6. The van der Waals surface area contributed by atoms with Crippen LogP contribution in [0, 0.1) is 11.8 Å². The summed E-state index contributed by atoms with van der Waals surface area (Å²) < 4.78 is 6.26. The number of benzene rings is 1. The predicted molar refractivity (Wildman–Crippen MR) is 100 cm³/mol. The van der Waals surface area contributed by atoms with E-state index in [1.807, 2.05) is 24.3 Å². The lowest BCUT2D eigenvalue weighted by atomic mass is 9.88. The smallest absolute Gasteiger partial charge is 0.225 e. The van der Waals surface area contributed by atoms with Gasteiger partial charge in [0, 0.05) is 31.1 Å². The van der Waals surface area contributed by atoms with Crippen LogP contribution in [-0.4, -0.2) is 35.0 Å². The Labute approximate surface area is 155 Å². The summed E-state index contributed by atoms with van der Waals surface area (Å²) in [7, 11) is 0. The molecular formula is C22H26N2O2. The number of carbonyl (C=O) groups excluding carboxylic acids is 1. The molecule has 26 heavy (non-hydrogen) atoms. The number of aromatic nitrogens is 1. The first kappa shape index (κ1) is 17.2. The Hall–Kier alpha value is -2.20. The van der Waals surface area contributed by atoms with Gasteiger partial charge in [0.15, 0.2) is 0 Å². The van der Waals surface area contributed by atoms with Crippen molar-refractivity contribution >= 4 is 5.91 Å². The van der Waals surface area contributed by atoms with E-state index in [2.05, 4.69) is 34.1 Å². The van der Waals surface area contributed by atoms with Gasteiger partial charge >= 0.3 is 0 Å². The summed E-state index contributed by atoms with van der Waals surface area (Å²) in [5.41, 5.74) is 2.27. The first-order valence-corrected chi connectivity index (χ1v) is 9.64. The van der Waals surface area contributed by atoms with Crippen molar-refractivity contribution in [3.63, 3.8) is 0 Å². The Morgan fingerprint density at radius 3 is 2.62 bits per heavy atom. The molecule has 1 aliphatic heterocycles. The lowest BCUT2D eigenvalue weighted by Gasteiger charge is -2.38. The molecule has 4 nitrogen and oxygen atoms in total. The third-order valence-electron chi connectivity index (χ3n) is 5.41. The highest BCUT2D eigenvalue weighted by atomic mass is 16.5. The fraction of sp³-hybridized carbons (Fsp3) is 0.455. The van der Waals surface area contributed by atoms with Crippen LogP contribution in [0.4, 0.5) is 0 Å². The maximum absolute atomic E-state index is 12.5. The minimum Gasteiger partial charge on any atom is -0.371 e. The number of nitrogens with zero attached hydrogens (tertiary/aromatic N) is 2. The van der Waals surface area contributed by atoms with E-state index in [0.29, 0.717) is 24.3 Å². The largest absolute Gasteiger partial charge is 0.371 e. The van der Waals surface area contributed by atoms with Crippen molar-refractivity contribution in [3.05, 3.63) is 66.0 Å². The molecule has 1 saturated carbocycles. The van der Waals surface area contributed by atoms with Crippen LogP contribution in [0.5, 0.6) is 0 Å². The van der Waals surface area contributed by atoms with Gasteiger partial charge < -0.3 is 9.64 Å². The van der Waals surface area contributed by atoms with Crippen LogP contribution in [0.3, 0.4) is 0 Å². The Balaban J connectivity index is 1.43. The second-order valence-electron chi connectivity index (χ2n) is 7.47. The molecule has 1 aliphatic carbocycles. The molecule has 2 heterocycles. The third kappa shape index (κ3) is 4.31. The molecule has 4 heteroatoms. The fourth-order valence-corrected chi connectivity index (χ4v) is 3.81. The summed E-state index contributed by atoms with van der Waals surface area (Å²) in [6.07, 6.45) is 5.96. The monoisotopic (exact) mass is 350 g/mol. The molecule has 1 saturated heterocycles. The quantitative estimate of drug-likeness (QED) is 0.801. The predicted octanol–water partition coefficient (Wildman–Crippen LogP) is 3.47. The summed E-state index contributed by atoms with van der Waals surface area (Å²) in [6, 6.07) is 16.4. The molecule has 0 radical (unpaired) electrons. The summed E-state index contributed by atoms with van der Waals surface area (Å²) in [6.45, 7) is 2.15. The normalized spacial score (nSPS) is 23.0. The highest BCUT2D eigenvalue weighted by Gasteiger charge is 2.38. The average Bonchev–Trinajstić information content (AvgIpc) is 3.53. The van der Waals surface area contributed by atoms with Gasteiger partial charge in [0.1, 0.15) is 0 Å². The molecule has 0 spiro atoms. The van der Waals surface area contributed by atoms with E-state index in [1.165, 1.54) is 5.56 Å². The van der Waals surface area contributed by atoms with Crippen LogP contribution in [0.25, 0.3) is 0 Å². The minimum absolute atomic E-state index is 0.167. The van der Waals surface area contributed by atoms with Crippen LogP contribution >= 0.6 is 0 Å². The molecule has 4 rings (SSSR count). The van der Waals surface area contributed by atoms with Gasteiger partial charge in [0.2, 0.25) is 5.91 Å². The van der Waals surface area contributed by atoms with Crippen LogP contribution in [0.15, 0.2) is 54.7 Å². The van der Waals surface area contributed by atoms with E-state index in [0.717, 1.165) is 44.5 Å². The minimum atomic E-state index is 0.167. The Morgan fingerprint density at radius 2 is 1.88 bits per heavy atom. The summed E-state index contributed by atoms with van der Waals surface area (Å²) in [4.78, 5) is 19.0. The van der Waals surface area contributed by atoms with E-state index < -0.39 is 0 Å².